The van der Waals surface area contributed by atoms with Gasteiger partial charge in [0.2, 0.25) is 0 Å². The highest BCUT2D eigenvalue weighted by Gasteiger charge is 2.30. The largest absolute Gasteiger partial charge is 0.462 e. The molecule has 0 aliphatic carbocycles. The van der Waals surface area contributed by atoms with Gasteiger partial charge in [0.15, 0.2) is 0 Å². The number of fused-ring (bicyclic) bond motifs is 1. The Bertz CT molecular complexity index is 974. The first-order valence-corrected chi connectivity index (χ1v) is 9.73. The lowest BCUT2D eigenvalue weighted by molar-refractivity contribution is -0.110. The minimum Gasteiger partial charge on any atom is -0.462 e. The number of nitrogens with one attached hydrogen (secondary N) is 2. The number of anilines is 1. The van der Waals surface area contributed by atoms with Gasteiger partial charge in [-0.1, -0.05) is 15.9 Å². The molecule has 5 nitrogen and oxygen atoms in total. The van der Waals surface area contributed by atoms with Crippen molar-refractivity contribution in [2.45, 2.75) is 27.7 Å². The number of esters is 1. The van der Waals surface area contributed by atoms with Crippen molar-refractivity contribution in [3.05, 3.63) is 48.7 Å². The monoisotopic (exact) mass is 480 g/mol. The molecule has 0 atom stereocenters. The molecule has 1 amide bonds. The lowest BCUT2D eigenvalue weighted by atomic mass is 9.99. The highest BCUT2D eigenvalue weighted by molar-refractivity contribution is 9.11. The van der Waals surface area contributed by atoms with Crippen molar-refractivity contribution in [2.75, 3.05) is 11.9 Å². The quantitative estimate of drug-likeness (QED) is 0.471. The molecule has 26 heavy (non-hydrogen) atoms. The summed E-state index contributed by atoms with van der Waals surface area (Å²) in [5.41, 5.74) is 5.86. The second-order valence-electron chi connectivity index (χ2n) is 6.11. The number of carbonyl (C=O) groups is 2. The Hall–Kier alpha value is -1.86. The van der Waals surface area contributed by atoms with E-state index in [-0.39, 0.29) is 11.9 Å². The third-order valence-corrected chi connectivity index (χ3v) is 5.92. The minimum absolute atomic E-state index is 0.175. The fourth-order valence-corrected chi connectivity index (χ4v) is 4.44. The van der Waals surface area contributed by atoms with Gasteiger partial charge in [0.25, 0.3) is 5.91 Å². The first kappa shape index (κ1) is 18.9. The van der Waals surface area contributed by atoms with Gasteiger partial charge in [-0.2, -0.15) is 0 Å². The van der Waals surface area contributed by atoms with E-state index in [4.69, 9.17) is 4.74 Å². The van der Waals surface area contributed by atoms with Gasteiger partial charge in [0.1, 0.15) is 0 Å². The second kappa shape index (κ2) is 7.04. The van der Waals surface area contributed by atoms with Crippen molar-refractivity contribution in [1.82, 2.24) is 4.98 Å². The first-order valence-electron chi connectivity index (χ1n) is 8.14. The van der Waals surface area contributed by atoms with E-state index in [1.165, 1.54) is 0 Å². The second-order valence-corrected chi connectivity index (χ2v) is 7.82. The molecule has 2 N–H and O–H groups in total. The van der Waals surface area contributed by atoms with Gasteiger partial charge in [-0.05, 0) is 66.9 Å². The van der Waals surface area contributed by atoms with E-state index < -0.39 is 0 Å². The topological polar surface area (TPSA) is 71.2 Å². The molecule has 0 spiro atoms. The summed E-state index contributed by atoms with van der Waals surface area (Å²) in [6, 6.07) is 1.92. The Labute approximate surface area is 168 Å². The molecular formula is C19H18Br2N2O3. The van der Waals surface area contributed by atoms with Crippen LogP contribution in [-0.4, -0.2) is 23.5 Å². The van der Waals surface area contributed by atoms with Crippen molar-refractivity contribution in [3.8, 4) is 0 Å². The average molecular weight is 482 g/mol. The molecule has 1 aliphatic heterocycles. The van der Waals surface area contributed by atoms with Crippen LogP contribution in [0.25, 0.3) is 11.6 Å². The predicted octanol–water partition coefficient (Wildman–Crippen LogP) is 5.13. The van der Waals surface area contributed by atoms with Crippen LogP contribution in [0.3, 0.4) is 0 Å². The molecule has 1 aliphatic rings. The van der Waals surface area contributed by atoms with Crippen LogP contribution in [0.4, 0.5) is 5.69 Å². The van der Waals surface area contributed by atoms with Crippen LogP contribution in [0, 0.1) is 20.8 Å². The van der Waals surface area contributed by atoms with E-state index in [2.05, 4.69) is 42.2 Å². The van der Waals surface area contributed by atoms with Gasteiger partial charge in [-0.15, -0.1) is 0 Å². The van der Waals surface area contributed by atoms with E-state index in [1.54, 1.807) is 13.0 Å². The maximum atomic E-state index is 12.6. The van der Waals surface area contributed by atoms with E-state index >= 15 is 0 Å². The molecule has 0 fully saturated rings. The molecular weight excluding hydrogens is 464 g/mol. The van der Waals surface area contributed by atoms with Crippen molar-refractivity contribution in [2.24, 2.45) is 0 Å². The van der Waals surface area contributed by atoms with E-state index in [0.717, 1.165) is 42.7 Å². The summed E-state index contributed by atoms with van der Waals surface area (Å²) in [6.07, 6.45) is 1.79. The van der Waals surface area contributed by atoms with Crippen LogP contribution in [0.2, 0.25) is 0 Å². The van der Waals surface area contributed by atoms with Crippen molar-refractivity contribution < 1.29 is 14.3 Å². The van der Waals surface area contributed by atoms with Gasteiger partial charge in [0, 0.05) is 25.9 Å². The Morgan fingerprint density at radius 1 is 1.19 bits per heavy atom. The molecule has 1 aromatic carbocycles. The molecule has 136 valence electrons. The summed E-state index contributed by atoms with van der Waals surface area (Å²) in [7, 11) is 0. The smallest absolute Gasteiger partial charge is 0.340 e. The zero-order valence-corrected chi connectivity index (χ0v) is 18.0. The van der Waals surface area contributed by atoms with E-state index in [1.807, 2.05) is 26.8 Å². The summed E-state index contributed by atoms with van der Waals surface area (Å²) in [4.78, 5) is 28.0. The number of carbonyl (C=O) groups excluding carboxylic acids is 2. The molecule has 3 rings (SSSR count). The fraction of sp³-hybridized carbons (Fsp3) is 0.263. The summed E-state index contributed by atoms with van der Waals surface area (Å²) >= 11 is 7.03. The lowest BCUT2D eigenvalue weighted by Gasteiger charge is -2.08. The number of H-pyrrole nitrogens is 1. The van der Waals surface area contributed by atoms with Gasteiger partial charge in [-0.3, -0.25) is 4.79 Å². The number of hydrogen-bond acceptors (Lipinski definition) is 3. The van der Waals surface area contributed by atoms with Crippen LogP contribution in [0.15, 0.2) is 15.0 Å². The Kier molecular flexibility index (Phi) is 5.12. The standard InChI is InChI=1S/C19H18Br2N2O3/c1-5-26-19(25)15-9(3)14(22-10(15)4)6-11-16-8(2)12(20)7-13(21)17(16)23-18(11)24/h6-7,22H,5H2,1-4H3,(H,23,24). The number of halogens is 2. The Morgan fingerprint density at radius 3 is 2.54 bits per heavy atom. The van der Waals surface area contributed by atoms with Crippen molar-refractivity contribution in [1.29, 1.82) is 0 Å². The highest BCUT2D eigenvalue weighted by atomic mass is 79.9. The molecule has 0 radical (unpaired) electrons. The van der Waals surface area contributed by atoms with Crippen LogP contribution >= 0.6 is 31.9 Å². The summed E-state index contributed by atoms with van der Waals surface area (Å²) in [5.74, 6) is -0.535. The van der Waals surface area contributed by atoms with E-state index in [9.17, 15) is 9.59 Å². The lowest BCUT2D eigenvalue weighted by Crippen LogP contribution is -2.06. The number of aromatic amines is 1. The zero-order chi connectivity index (χ0) is 19.2. The summed E-state index contributed by atoms with van der Waals surface area (Å²) < 4.78 is 6.86. The SMILES string of the molecule is CCOC(=O)c1c(C)[nH]c(C=C2C(=O)Nc3c(Br)cc(Br)c(C)c32)c1C. The van der Waals surface area contributed by atoms with Gasteiger partial charge in [0.05, 0.1) is 23.4 Å². The van der Waals surface area contributed by atoms with E-state index in [0.29, 0.717) is 17.7 Å². The maximum Gasteiger partial charge on any atom is 0.340 e. The van der Waals surface area contributed by atoms with Crippen molar-refractivity contribution >= 4 is 61.1 Å². The van der Waals surface area contributed by atoms with Crippen LogP contribution < -0.4 is 5.32 Å². The van der Waals surface area contributed by atoms with Gasteiger partial charge >= 0.3 is 5.97 Å². The Balaban J connectivity index is 2.16. The molecule has 1 aromatic heterocycles. The number of amides is 1. The number of aromatic nitrogens is 1. The third-order valence-electron chi connectivity index (χ3n) is 4.47. The molecule has 0 saturated heterocycles. The average Bonchev–Trinajstić information content (AvgIpc) is 3.04. The Morgan fingerprint density at radius 2 is 1.88 bits per heavy atom. The molecule has 0 unspecified atom stereocenters. The predicted molar refractivity (Wildman–Crippen MR) is 109 cm³/mol. The molecule has 0 saturated carbocycles. The van der Waals surface area contributed by atoms with Crippen LogP contribution in [0.5, 0.6) is 0 Å². The number of ether oxygens (including phenoxy) is 1. The molecule has 2 heterocycles. The highest BCUT2D eigenvalue weighted by Crippen LogP contribution is 2.43. The molecule has 0 bridgehead atoms. The van der Waals surface area contributed by atoms with Crippen LogP contribution in [0.1, 0.15) is 45.4 Å². The maximum absolute atomic E-state index is 12.6. The van der Waals surface area contributed by atoms with Gasteiger partial charge < -0.3 is 15.0 Å². The summed E-state index contributed by atoms with van der Waals surface area (Å²) in [5, 5.41) is 2.91. The molecule has 7 heteroatoms. The fourth-order valence-electron chi connectivity index (χ4n) is 3.18. The number of hydrogen-bond donors (Lipinski definition) is 2. The normalized spacial score (nSPS) is 14.5. The first-order chi connectivity index (χ1) is 12.3. The van der Waals surface area contributed by atoms with Crippen molar-refractivity contribution in [3.63, 3.8) is 0 Å². The van der Waals surface area contributed by atoms with Crippen LogP contribution in [-0.2, 0) is 9.53 Å². The van der Waals surface area contributed by atoms with Gasteiger partial charge in [-0.25, -0.2) is 4.79 Å². The minimum atomic E-state index is -0.360. The number of rotatable bonds is 3. The zero-order valence-electron chi connectivity index (χ0n) is 14.8. The summed E-state index contributed by atoms with van der Waals surface area (Å²) in [6.45, 7) is 7.72. The molecule has 2 aromatic rings. The number of benzene rings is 1. The number of aryl methyl sites for hydroxylation is 1. The third kappa shape index (κ3) is 3.03.